The molecule has 0 aromatic heterocycles. The van der Waals surface area contributed by atoms with Gasteiger partial charge in [0.1, 0.15) is 0 Å². The van der Waals surface area contributed by atoms with E-state index in [2.05, 4.69) is 0 Å². The van der Waals surface area contributed by atoms with Crippen molar-refractivity contribution in [3.05, 3.63) is 28.8 Å². The van der Waals surface area contributed by atoms with Gasteiger partial charge in [-0.15, -0.1) is 0 Å². The summed E-state index contributed by atoms with van der Waals surface area (Å²) in [5.74, 6) is 0. The summed E-state index contributed by atoms with van der Waals surface area (Å²) in [6, 6.07) is 4.53. The lowest BCUT2D eigenvalue weighted by Gasteiger charge is -2.08. The fraction of sp³-hybridized carbons (Fsp3) is 0.300. The summed E-state index contributed by atoms with van der Waals surface area (Å²) < 4.78 is 22.3. The first kappa shape index (κ1) is 13.0. The lowest BCUT2D eigenvalue weighted by atomic mass is 10.0. The molecule has 0 spiro atoms. The predicted octanol–water partition coefficient (Wildman–Crippen LogP) is 1.54. The van der Waals surface area contributed by atoms with Crippen molar-refractivity contribution >= 4 is 19.7 Å². The van der Waals surface area contributed by atoms with Crippen molar-refractivity contribution in [2.24, 2.45) is 0 Å². The number of aliphatic hydroxyl groups excluding tert-OH is 1. The van der Waals surface area contributed by atoms with Crippen LogP contribution in [0.3, 0.4) is 0 Å². The van der Waals surface area contributed by atoms with Gasteiger partial charge in [-0.2, -0.15) is 5.26 Å². The van der Waals surface area contributed by atoms with Crippen molar-refractivity contribution in [2.75, 3.05) is 0 Å². The first-order valence-electron chi connectivity index (χ1n) is 4.55. The molecule has 0 saturated carbocycles. The van der Waals surface area contributed by atoms with Gasteiger partial charge in [-0.1, -0.05) is 6.92 Å². The molecule has 0 bridgehead atoms. The van der Waals surface area contributed by atoms with E-state index in [0.29, 0.717) is 17.5 Å². The molecule has 16 heavy (non-hydrogen) atoms. The maximum absolute atomic E-state index is 11.2. The Morgan fingerprint density at radius 2 is 2.00 bits per heavy atom. The number of hydrogen-bond donors (Lipinski definition) is 1. The summed E-state index contributed by atoms with van der Waals surface area (Å²) in [6.45, 7) is 1.40. The van der Waals surface area contributed by atoms with Crippen LogP contribution in [0.5, 0.6) is 0 Å². The summed E-state index contributed by atoms with van der Waals surface area (Å²) in [5.41, 5.74) is 1.16. The average molecular weight is 260 g/mol. The highest BCUT2D eigenvalue weighted by molar-refractivity contribution is 8.13. The average Bonchev–Trinajstić information content (AvgIpc) is 2.25. The molecule has 1 N–H and O–H groups in total. The van der Waals surface area contributed by atoms with E-state index in [4.69, 9.17) is 21.1 Å². The highest BCUT2D eigenvalue weighted by atomic mass is 35.7. The molecule has 0 aliphatic carbocycles. The normalized spacial score (nSPS) is 11.1. The number of aliphatic hydroxyl groups is 1. The van der Waals surface area contributed by atoms with Gasteiger partial charge >= 0.3 is 0 Å². The van der Waals surface area contributed by atoms with Gasteiger partial charge in [-0.25, -0.2) is 8.42 Å². The van der Waals surface area contributed by atoms with Crippen LogP contribution in [0, 0.1) is 11.3 Å². The number of aryl methyl sites for hydroxylation is 1. The van der Waals surface area contributed by atoms with E-state index >= 15 is 0 Å². The van der Waals surface area contributed by atoms with Gasteiger partial charge in [-0.05, 0) is 29.7 Å². The van der Waals surface area contributed by atoms with Crippen LogP contribution in [-0.2, 0) is 22.1 Å². The van der Waals surface area contributed by atoms with Crippen LogP contribution < -0.4 is 0 Å². The van der Waals surface area contributed by atoms with E-state index in [9.17, 15) is 8.42 Å². The monoisotopic (exact) mass is 259 g/mol. The molecular formula is C10H10ClNO3S. The molecule has 0 unspecified atom stereocenters. The first-order chi connectivity index (χ1) is 7.43. The molecule has 0 aliphatic heterocycles. The summed E-state index contributed by atoms with van der Waals surface area (Å²) in [4.78, 5) is -0.0888. The van der Waals surface area contributed by atoms with Crippen molar-refractivity contribution in [3.8, 4) is 6.07 Å². The number of nitriles is 1. The van der Waals surface area contributed by atoms with E-state index < -0.39 is 15.7 Å². The number of hydrogen-bond acceptors (Lipinski definition) is 4. The minimum Gasteiger partial charge on any atom is -0.392 e. The van der Waals surface area contributed by atoms with Crippen LogP contribution in [0.4, 0.5) is 0 Å². The molecule has 6 heteroatoms. The zero-order chi connectivity index (χ0) is 12.3. The largest absolute Gasteiger partial charge is 0.392 e. The second kappa shape index (κ2) is 4.83. The Balaban J connectivity index is 3.58. The van der Waals surface area contributed by atoms with E-state index in [0.717, 1.165) is 0 Å². The van der Waals surface area contributed by atoms with Crippen LogP contribution in [0.15, 0.2) is 17.0 Å². The third kappa shape index (κ3) is 2.53. The summed E-state index contributed by atoms with van der Waals surface area (Å²) >= 11 is 0. The maximum atomic E-state index is 11.2. The third-order valence-electron chi connectivity index (χ3n) is 2.22. The third-order valence-corrected chi connectivity index (χ3v) is 3.55. The van der Waals surface area contributed by atoms with Crippen LogP contribution in [0.2, 0.25) is 0 Å². The molecule has 0 fully saturated rings. The molecule has 0 atom stereocenters. The van der Waals surface area contributed by atoms with Crippen molar-refractivity contribution in [1.82, 2.24) is 0 Å². The van der Waals surface area contributed by atoms with Gasteiger partial charge in [0.15, 0.2) is 0 Å². The Morgan fingerprint density at radius 1 is 1.44 bits per heavy atom. The van der Waals surface area contributed by atoms with Crippen molar-refractivity contribution < 1.29 is 13.5 Å². The van der Waals surface area contributed by atoms with E-state index in [1.54, 1.807) is 6.92 Å². The molecule has 86 valence electrons. The fourth-order valence-electron chi connectivity index (χ4n) is 1.42. The Kier molecular flexibility index (Phi) is 3.92. The lowest BCUT2D eigenvalue weighted by Crippen LogP contribution is -2.01. The minimum absolute atomic E-state index is 0.0888. The zero-order valence-electron chi connectivity index (χ0n) is 8.57. The van der Waals surface area contributed by atoms with Gasteiger partial charge in [0.05, 0.1) is 23.1 Å². The SMILES string of the molecule is CCc1cc(S(=O)(=O)Cl)cc(CO)c1C#N. The van der Waals surface area contributed by atoms with Crippen LogP contribution in [-0.4, -0.2) is 13.5 Å². The molecule has 1 aromatic rings. The first-order valence-corrected chi connectivity index (χ1v) is 6.86. The van der Waals surface area contributed by atoms with Gasteiger partial charge in [0, 0.05) is 10.7 Å². The smallest absolute Gasteiger partial charge is 0.261 e. The Hall–Kier alpha value is -1.09. The molecule has 0 aliphatic rings. The molecule has 0 saturated heterocycles. The summed E-state index contributed by atoms with van der Waals surface area (Å²) in [5, 5.41) is 18.0. The van der Waals surface area contributed by atoms with E-state index in [1.807, 2.05) is 6.07 Å². The molecular weight excluding hydrogens is 250 g/mol. The summed E-state index contributed by atoms with van der Waals surface area (Å²) in [7, 11) is 1.38. The number of halogens is 1. The van der Waals surface area contributed by atoms with Gasteiger partial charge in [-0.3, -0.25) is 0 Å². The molecule has 1 rings (SSSR count). The molecule has 0 amide bonds. The number of rotatable bonds is 3. The second-order valence-electron chi connectivity index (χ2n) is 3.18. The fourth-order valence-corrected chi connectivity index (χ4v) is 2.26. The summed E-state index contributed by atoms with van der Waals surface area (Å²) in [6.07, 6.45) is 0.496. The zero-order valence-corrected chi connectivity index (χ0v) is 10.1. The second-order valence-corrected chi connectivity index (χ2v) is 5.74. The van der Waals surface area contributed by atoms with Crippen molar-refractivity contribution in [2.45, 2.75) is 24.8 Å². The quantitative estimate of drug-likeness (QED) is 0.835. The van der Waals surface area contributed by atoms with Crippen LogP contribution in [0.1, 0.15) is 23.6 Å². The Labute approximate surface area is 98.5 Å². The highest BCUT2D eigenvalue weighted by Gasteiger charge is 2.16. The Bertz CT molecular complexity index is 521. The van der Waals surface area contributed by atoms with Gasteiger partial charge in [0.2, 0.25) is 0 Å². The number of nitrogens with zero attached hydrogens (tertiary/aromatic N) is 1. The minimum atomic E-state index is -3.84. The standard InChI is InChI=1S/C10H10ClNO3S/c1-2-7-3-9(16(11,14)15)4-8(6-13)10(7)5-12/h3-4,13H,2,6H2,1H3. The van der Waals surface area contributed by atoms with Gasteiger partial charge in [0.25, 0.3) is 9.05 Å². The molecule has 0 heterocycles. The van der Waals surface area contributed by atoms with E-state index in [1.165, 1.54) is 12.1 Å². The highest BCUT2D eigenvalue weighted by Crippen LogP contribution is 2.23. The topological polar surface area (TPSA) is 78.2 Å². The van der Waals surface area contributed by atoms with E-state index in [-0.39, 0.29) is 10.5 Å². The molecule has 4 nitrogen and oxygen atoms in total. The maximum Gasteiger partial charge on any atom is 0.261 e. The Morgan fingerprint density at radius 3 is 2.38 bits per heavy atom. The van der Waals surface area contributed by atoms with Crippen molar-refractivity contribution in [1.29, 1.82) is 5.26 Å². The van der Waals surface area contributed by atoms with Crippen LogP contribution in [0.25, 0.3) is 0 Å². The number of benzene rings is 1. The molecule has 0 radical (unpaired) electrons. The van der Waals surface area contributed by atoms with Crippen molar-refractivity contribution in [3.63, 3.8) is 0 Å². The predicted molar refractivity (Wildman–Crippen MR) is 59.5 cm³/mol. The van der Waals surface area contributed by atoms with Gasteiger partial charge < -0.3 is 5.11 Å². The van der Waals surface area contributed by atoms with Crippen LogP contribution >= 0.6 is 10.7 Å². The molecule has 1 aromatic carbocycles. The lowest BCUT2D eigenvalue weighted by molar-refractivity contribution is 0.281.